The standard InChI is InChI=1S/C18H34N2O2/c1-3-12-20-13-7-6-9-16(20)18(21)19-11-14-22-17-10-5-4-8-15(17)2/h15-17H,3-14H2,1-2H3,(H,19,21). The van der Waals surface area contributed by atoms with Crippen LogP contribution >= 0.6 is 0 Å². The molecule has 1 heterocycles. The molecule has 0 aromatic carbocycles. The maximum atomic E-state index is 12.4. The lowest BCUT2D eigenvalue weighted by Crippen LogP contribution is -2.50. The molecule has 0 bridgehead atoms. The van der Waals surface area contributed by atoms with E-state index in [1.54, 1.807) is 0 Å². The second-order valence-electron chi connectivity index (χ2n) is 7.01. The Morgan fingerprint density at radius 1 is 1.18 bits per heavy atom. The number of hydrogen-bond donors (Lipinski definition) is 1. The smallest absolute Gasteiger partial charge is 0.237 e. The highest BCUT2D eigenvalue weighted by atomic mass is 16.5. The van der Waals surface area contributed by atoms with Crippen molar-refractivity contribution < 1.29 is 9.53 Å². The fourth-order valence-electron chi connectivity index (χ4n) is 3.87. The number of nitrogens with one attached hydrogen (secondary N) is 1. The summed E-state index contributed by atoms with van der Waals surface area (Å²) < 4.78 is 5.98. The highest BCUT2D eigenvalue weighted by molar-refractivity contribution is 5.81. The minimum atomic E-state index is 0.0855. The van der Waals surface area contributed by atoms with Gasteiger partial charge >= 0.3 is 0 Å². The molecule has 3 atom stereocenters. The van der Waals surface area contributed by atoms with Crippen LogP contribution in [0.25, 0.3) is 0 Å². The van der Waals surface area contributed by atoms with Crippen LogP contribution in [-0.2, 0) is 9.53 Å². The Balaban J connectivity index is 1.66. The Morgan fingerprint density at radius 2 is 1.95 bits per heavy atom. The first-order valence-corrected chi connectivity index (χ1v) is 9.35. The van der Waals surface area contributed by atoms with Crippen LogP contribution < -0.4 is 5.32 Å². The van der Waals surface area contributed by atoms with Crippen molar-refractivity contribution in [1.82, 2.24) is 10.2 Å². The summed E-state index contributed by atoms with van der Waals surface area (Å²) in [6, 6.07) is 0.0855. The summed E-state index contributed by atoms with van der Waals surface area (Å²) in [6.07, 6.45) is 10.0. The molecule has 1 N–H and O–H groups in total. The second kappa shape index (κ2) is 9.51. The van der Waals surface area contributed by atoms with Crippen molar-refractivity contribution in [1.29, 1.82) is 0 Å². The van der Waals surface area contributed by atoms with Crippen molar-refractivity contribution in [2.24, 2.45) is 5.92 Å². The number of carbonyl (C=O) groups is 1. The first kappa shape index (κ1) is 17.7. The average Bonchev–Trinajstić information content (AvgIpc) is 2.54. The van der Waals surface area contributed by atoms with Gasteiger partial charge in [0.25, 0.3) is 0 Å². The van der Waals surface area contributed by atoms with Crippen molar-refractivity contribution in [2.75, 3.05) is 26.2 Å². The van der Waals surface area contributed by atoms with Crippen molar-refractivity contribution in [3.63, 3.8) is 0 Å². The first-order chi connectivity index (χ1) is 10.7. The fraction of sp³-hybridized carbons (Fsp3) is 0.944. The molecule has 0 radical (unpaired) electrons. The lowest BCUT2D eigenvalue weighted by atomic mass is 9.88. The van der Waals surface area contributed by atoms with Gasteiger partial charge in [-0.1, -0.05) is 33.1 Å². The zero-order chi connectivity index (χ0) is 15.8. The SMILES string of the molecule is CCCN1CCCCC1C(=O)NCCOC1CCCCC1C. The Labute approximate surface area is 136 Å². The van der Waals surface area contributed by atoms with Gasteiger partial charge in [-0.05, 0) is 51.1 Å². The zero-order valence-electron chi connectivity index (χ0n) is 14.5. The monoisotopic (exact) mass is 310 g/mol. The topological polar surface area (TPSA) is 41.6 Å². The maximum Gasteiger partial charge on any atom is 0.237 e. The largest absolute Gasteiger partial charge is 0.376 e. The van der Waals surface area contributed by atoms with Crippen molar-refractivity contribution in [3.05, 3.63) is 0 Å². The molecule has 0 aromatic heterocycles. The molecule has 1 saturated carbocycles. The van der Waals surface area contributed by atoms with E-state index in [0.717, 1.165) is 25.9 Å². The second-order valence-corrected chi connectivity index (χ2v) is 7.01. The Bertz CT molecular complexity index is 333. The third-order valence-electron chi connectivity index (χ3n) is 5.19. The number of nitrogens with zero attached hydrogens (tertiary/aromatic N) is 1. The number of amides is 1. The molecule has 0 spiro atoms. The summed E-state index contributed by atoms with van der Waals surface area (Å²) in [5.74, 6) is 0.872. The van der Waals surface area contributed by atoms with Crippen molar-refractivity contribution >= 4 is 5.91 Å². The van der Waals surface area contributed by atoms with Gasteiger partial charge in [-0.3, -0.25) is 9.69 Å². The van der Waals surface area contributed by atoms with Gasteiger partial charge in [-0.15, -0.1) is 0 Å². The normalized spacial score (nSPS) is 30.2. The molecule has 128 valence electrons. The van der Waals surface area contributed by atoms with Gasteiger partial charge in [0.15, 0.2) is 0 Å². The third-order valence-corrected chi connectivity index (χ3v) is 5.19. The summed E-state index contributed by atoms with van der Waals surface area (Å²) in [4.78, 5) is 14.7. The van der Waals surface area contributed by atoms with Gasteiger partial charge in [0, 0.05) is 6.54 Å². The van der Waals surface area contributed by atoms with Gasteiger partial charge in [-0.25, -0.2) is 0 Å². The summed E-state index contributed by atoms with van der Waals surface area (Å²) in [5, 5.41) is 3.09. The predicted octanol–water partition coefficient (Wildman–Crippen LogP) is 2.96. The van der Waals surface area contributed by atoms with Crippen LogP contribution in [0.4, 0.5) is 0 Å². The van der Waals surface area contributed by atoms with E-state index in [9.17, 15) is 4.79 Å². The molecular formula is C18H34N2O2. The van der Waals surface area contributed by atoms with E-state index in [4.69, 9.17) is 4.74 Å². The first-order valence-electron chi connectivity index (χ1n) is 9.35. The maximum absolute atomic E-state index is 12.4. The quantitative estimate of drug-likeness (QED) is 0.735. The number of likely N-dealkylation sites (tertiary alicyclic amines) is 1. The van der Waals surface area contributed by atoms with E-state index in [1.807, 2.05) is 0 Å². The van der Waals surface area contributed by atoms with E-state index >= 15 is 0 Å². The Hall–Kier alpha value is -0.610. The molecule has 2 rings (SSSR count). The number of piperidine rings is 1. The third kappa shape index (κ3) is 5.24. The summed E-state index contributed by atoms with van der Waals surface area (Å²) in [7, 11) is 0. The highest BCUT2D eigenvalue weighted by Gasteiger charge is 2.27. The predicted molar refractivity (Wildman–Crippen MR) is 89.9 cm³/mol. The molecule has 1 aliphatic carbocycles. The summed E-state index contributed by atoms with van der Waals surface area (Å²) >= 11 is 0. The minimum Gasteiger partial charge on any atom is -0.376 e. The Kier molecular flexibility index (Phi) is 7.67. The average molecular weight is 310 g/mol. The molecule has 1 saturated heterocycles. The van der Waals surface area contributed by atoms with Crippen LogP contribution in [0, 0.1) is 5.92 Å². The van der Waals surface area contributed by atoms with Gasteiger partial charge < -0.3 is 10.1 Å². The van der Waals surface area contributed by atoms with Crippen LogP contribution in [0.15, 0.2) is 0 Å². The van der Waals surface area contributed by atoms with Crippen LogP contribution in [0.1, 0.15) is 65.2 Å². The van der Waals surface area contributed by atoms with Gasteiger partial charge in [0.05, 0.1) is 18.8 Å². The lowest BCUT2D eigenvalue weighted by Gasteiger charge is -2.34. The van der Waals surface area contributed by atoms with E-state index in [2.05, 4.69) is 24.1 Å². The highest BCUT2D eigenvalue weighted by Crippen LogP contribution is 2.26. The van der Waals surface area contributed by atoms with Crippen molar-refractivity contribution in [2.45, 2.75) is 77.4 Å². The molecule has 1 amide bonds. The molecule has 22 heavy (non-hydrogen) atoms. The molecule has 2 aliphatic rings. The van der Waals surface area contributed by atoms with Gasteiger partial charge in [0.2, 0.25) is 5.91 Å². The minimum absolute atomic E-state index is 0.0855. The van der Waals surface area contributed by atoms with Crippen LogP contribution in [0.5, 0.6) is 0 Å². The van der Waals surface area contributed by atoms with Crippen LogP contribution in [0.2, 0.25) is 0 Å². The molecule has 2 fully saturated rings. The molecule has 4 heteroatoms. The fourth-order valence-corrected chi connectivity index (χ4v) is 3.87. The molecule has 0 aromatic rings. The van der Waals surface area contributed by atoms with E-state index in [1.165, 1.54) is 38.5 Å². The molecule has 1 aliphatic heterocycles. The lowest BCUT2D eigenvalue weighted by molar-refractivity contribution is -0.128. The van der Waals surface area contributed by atoms with Gasteiger partial charge in [-0.2, -0.15) is 0 Å². The number of carbonyl (C=O) groups excluding carboxylic acids is 1. The van der Waals surface area contributed by atoms with E-state index < -0.39 is 0 Å². The Morgan fingerprint density at radius 3 is 2.73 bits per heavy atom. The number of ether oxygens (including phenoxy) is 1. The summed E-state index contributed by atoms with van der Waals surface area (Å²) in [6.45, 7) is 7.88. The van der Waals surface area contributed by atoms with E-state index in [0.29, 0.717) is 25.2 Å². The zero-order valence-corrected chi connectivity index (χ0v) is 14.5. The van der Waals surface area contributed by atoms with Gasteiger partial charge in [0.1, 0.15) is 0 Å². The number of hydrogen-bond acceptors (Lipinski definition) is 3. The summed E-state index contributed by atoms with van der Waals surface area (Å²) in [5.41, 5.74) is 0. The molecule has 4 nitrogen and oxygen atoms in total. The van der Waals surface area contributed by atoms with Crippen molar-refractivity contribution in [3.8, 4) is 0 Å². The molecule has 3 unspecified atom stereocenters. The van der Waals surface area contributed by atoms with Crippen LogP contribution in [0.3, 0.4) is 0 Å². The van der Waals surface area contributed by atoms with E-state index in [-0.39, 0.29) is 11.9 Å². The number of rotatable bonds is 7. The molecular weight excluding hydrogens is 276 g/mol. The van der Waals surface area contributed by atoms with Crippen LogP contribution in [-0.4, -0.2) is 49.2 Å².